The molecule has 0 amide bonds. The summed E-state index contributed by atoms with van der Waals surface area (Å²) in [5, 5.41) is 8.93. The number of rotatable bonds is 6. The van der Waals surface area contributed by atoms with Crippen molar-refractivity contribution < 1.29 is 14.2 Å². The zero-order chi connectivity index (χ0) is 18.9. The molecule has 1 aromatic carbocycles. The van der Waals surface area contributed by atoms with E-state index < -0.39 is 0 Å². The van der Waals surface area contributed by atoms with Crippen LogP contribution in [0.5, 0.6) is 0 Å². The lowest BCUT2D eigenvalue weighted by Crippen LogP contribution is -2.42. The Balaban J connectivity index is 1.38. The van der Waals surface area contributed by atoms with Gasteiger partial charge in [-0.2, -0.15) is 5.26 Å². The van der Waals surface area contributed by atoms with Gasteiger partial charge < -0.3 is 14.2 Å². The highest BCUT2D eigenvalue weighted by atomic mass is 16.7. The minimum atomic E-state index is -0.258. The van der Waals surface area contributed by atoms with Gasteiger partial charge in [0.25, 0.3) is 0 Å². The van der Waals surface area contributed by atoms with E-state index in [0.717, 1.165) is 18.4 Å². The second-order valence-corrected chi connectivity index (χ2v) is 7.27. The van der Waals surface area contributed by atoms with Crippen LogP contribution in [0.1, 0.15) is 49.7 Å². The molecule has 0 aromatic heterocycles. The van der Waals surface area contributed by atoms with Crippen molar-refractivity contribution in [3.05, 3.63) is 59.7 Å². The fraction of sp³-hybridized carbons (Fsp3) is 0.522. The van der Waals surface area contributed by atoms with E-state index >= 15 is 0 Å². The van der Waals surface area contributed by atoms with E-state index in [1.807, 2.05) is 43.4 Å². The van der Waals surface area contributed by atoms with Gasteiger partial charge in [0, 0.05) is 0 Å². The van der Waals surface area contributed by atoms with E-state index in [9.17, 15) is 0 Å². The summed E-state index contributed by atoms with van der Waals surface area (Å²) in [6.07, 6.45) is 12.5. The minimum Gasteiger partial charge on any atom is -0.370 e. The van der Waals surface area contributed by atoms with Crippen LogP contribution in [0.4, 0.5) is 0 Å². The second-order valence-electron chi connectivity index (χ2n) is 7.27. The first-order chi connectivity index (χ1) is 13.3. The predicted molar refractivity (Wildman–Crippen MR) is 105 cm³/mol. The van der Waals surface area contributed by atoms with Crippen LogP contribution < -0.4 is 0 Å². The molecule has 2 fully saturated rings. The number of hydrogen-bond acceptors (Lipinski definition) is 4. The van der Waals surface area contributed by atoms with E-state index in [1.54, 1.807) is 0 Å². The van der Waals surface area contributed by atoms with Crippen molar-refractivity contribution in [1.82, 2.24) is 0 Å². The Kier molecular flexibility index (Phi) is 7.65. The lowest BCUT2D eigenvalue weighted by molar-refractivity contribution is -0.240. The Morgan fingerprint density at radius 3 is 2.48 bits per heavy atom. The monoisotopic (exact) mass is 367 g/mol. The molecule has 1 saturated heterocycles. The summed E-state index contributed by atoms with van der Waals surface area (Å²) in [6, 6.07) is 10.2. The van der Waals surface area contributed by atoms with Crippen LogP contribution in [0, 0.1) is 17.2 Å². The molecule has 144 valence electrons. The molecule has 1 heterocycles. The molecule has 2 atom stereocenters. The summed E-state index contributed by atoms with van der Waals surface area (Å²) in [7, 11) is 0. The maximum atomic E-state index is 8.93. The van der Waals surface area contributed by atoms with E-state index in [2.05, 4.69) is 18.2 Å². The summed E-state index contributed by atoms with van der Waals surface area (Å²) >= 11 is 0. The molecular formula is C23H29NO3. The molecule has 1 saturated carbocycles. The van der Waals surface area contributed by atoms with Gasteiger partial charge in [-0.1, -0.05) is 36.4 Å². The zero-order valence-corrected chi connectivity index (χ0v) is 16.0. The molecule has 0 radical (unpaired) electrons. The number of benzene rings is 1. The summed E-state index contributed by atoms with van der Waals surface area (Å²) in [5.41, 5.74) is 2.09. The lowest BCUT2D eigenvalue weighted by atomic mass is 9.76. The Bertz CT molecular complexity index is 658. The van der Waals surface area contributed by atoms with Gasteiger partial charge in [-0.25, -0.2) is 0 Å². The number of nitrogens with zero attached hydrogens (tertiary/aromatic N) is 1. The third-order valence-electron chi connectivity index (χ3n) is 5.52. The minimum absolute atomic E-state index is 0.185. The number of allylic oxidation sites excluding steroid dienone is 3. The summed E-state index contributed by atoms with van der Waals surface area (Å²) in [6.45, 7) is 3.66. The largest absolute Gasteiger partial charge is 0.370 e. The second kappa shape index (κ2) is 10.4. The first-order valence-electron chi connectivity index (χ1n) is 9.93. The van der Waals surface area contributed by atoms with Crippen LogP contribution >= 0.6 is 0 Å². The average molecular weight is 367 g/mol. The quantitative estimate of drug-likeness (QED) is 0.683. The highest BCUT2D eigenvalue weighted by Gasteiger charge is 2.32. The van der Waals surface area contributed by atoms with E-state index in [1.165, 1.54) is 18.4 Å². The molecule has 4 heteroatoms. The summed E-state index contributed by atoms with van der Waals surface area (Å²) in [5.74, 6) is 1.16. The van der Waals surface area contributed by atoms with Crippen molar-refractivity contribution in [2.45, 2.75) is 50.9 Å². The highest BCUT2D eigenvalue weighted by Crippen LogP contribution is 2.38. The third kappa shape index (κ3) is 5.77. The predicted octanol–water partition coefficient (Wildman–Crippen LogP) is 4.72. The van der Waals surface area contributed by atoms with E-state index in [0.29, 0.717) is 31.7 Å². The summed E-state index contributed by atoms with van der Waals surface area (Å²) in [4.78, 5) is 0. The van der Waals surface area contributed by atoms with Crippen LogP contribution in [0.3, 0.4) is 0 Å². The van der Waals surface area contributed by atoms with Gasteiger partial charge in [0.1, 0.15) is 0 Å². The molecule has 0 unspecified atom stereocenters. The van der Waals surface area contributed by atoms with Gasteiger partial charge in [-0.05, 0) is 62.1 Å². The normalized spacial score (nSPS) is 29.2. The molecule has 1 aromatic rings. The van der Waals surface area contributed by atoms with Crippen LogP contribution in [-0.2, 0) is 14.2 Å². The lowest BCUT2D eigenvalue weighted by Gasteiger charge is -2.37. The van der Waals surface area contributed by atoms with Crippen molar-refractivity contribution in [2.24, 2.45) is 5.92 Å². The number of hydrogen-bond donors (Lipinski definition) is 0. The fourth-order valence-corrected chi connectivity index (χ4v) is 3.93. The molecule has 4 nitrogen and oxygen atoms in total. The third-order valence-corrected chi connectivity index (χ3v) is 5.52. The van der Waals surface area contributed by atoms with Crippen molar-refractivity contribution in [2.75, 3.05) is 19.8 Å². The van der Waals surface area contributed by atoms with Crippen molar-refractivity contribution in [3.8, 4) is 6.07 Å². The smallest absolute Gasteiger partial charge is 0.181 e. The van der Waals surface area contributed by atoms with Crippen molar-refractivity contribution >= 4 is 0 Å². The van der Waals surface area contributed by atoms with Crippen LogP contribution in [0.25, 0.3) is 0 Å². The van der Waals surface area contributed by atoms with Gasteiger partial charge in [0.15, 0.2) is 6.29 Å². The van der Waals surface area contributed by atoms with Gasteiger partial charge in [-0.15, -0.1) is 0 Å². The maximum absolute atomic E-state index is 8.93. The molecular weight excluding hydrogens is 338 g/mol. The Morgan fingerprint density at radius 1 is 1.07 bits per heavy atom. The molecule has 27 heavy (non-hydrogen) atoms. The molecule has 0 N–H and O–H groups in total. The topological polar surface area (TPSA) is 51.5 Å². The Morgan fingerprint density at radius 2 is 1.85 bits per heavy atom. The standard InChI is InChI=1S/C23H29NO3/c1-2-3-4-5-14-25-23-17-26-22(16-27-23)21-12-10-20(11-13-21)19-8-6-18(15-24)7-9-19/h2-9,20-23H,10-14,16-17H2,1H3/t20?,21?,22-,23+/m1/s1. The SMILES string of the molecule is CC=CC=CCO[C@@H]1CO[C@@H](C2CCC(c3ccc(C#N)cc3)CC2)CO1. The van der Waals surface area contributed by atoms with Crippen LogP contribution in [0.15, 0.2) is 48.6 Å². The molecule has 0 bridgehead atoms. The van der Waals surface area contributed by atoms with Crippen molar-refractivity contribution in [1.29, 1.82) is 5.26 Å². The molecule has 3 rings (SSSR count). The molecule has 2 aliphatic rings. The van der Waals surface area contributed by atoms with Crippen molar-refractivity contribution in [3.63, 3.8) is 0 Å². The average Bonchev–Trinajstić information content (AvgIpc) is 2.74. The van der Waals surface area contributed by atoms with Gasteiger partial charge >= 0.3 is 0 Å². The Labute approximate surface area is 162 Å². The molecule has 1 aliphatic carbocycles. The van der Waals surface area contributed by atoms with Crippen LogP contribution in [0.2, 0.25) is 0 Å². The van der Waals surface area contributed by atoms with Gasteiger partial charge in [0.05, 0.1) is 37.6 Å². The van der Waals surface area contributed by atoms with Gasteiger partial charge in [0.2, 0.25) is 0 Å². The first kappa shape index (κ1) is 19.8. The molecule has 1 aliphatic heterocycles. The maximum Gasteiger partial charge on any atom is 0.181 e. The zero-order valence-electron chi connectivity index (χ0n) is 16.0. The summed E-state index contributed by atoms with van der Waals surface area (Å²) < 4.78 is 17.6. The van der Waals surface area contributed by atoms with Gasteiger partial charge in [-0.3, -0.25) is 0 Å². The number of ether oxygens (including phenoxy) is 3. The first-order valence-corrected chi connectivity index (χ1v) is 9.93. The Hall–Kier alpha value is -1.93. The number of nitriles is 1. The van der Waals surface area contributed by atoms with E-state index in [-0.39, 0.29) is 12.4 Å². The molecule has 0 spiro atoms. The highest BCUT2D eigenvalue weighted by molar-refractivity contribution is 5.33. The fourth-order valence-electron chi connectivity index (χ4n) is 3.93. The van der Waals surface area contributed by atoms with Crippen LogP contribution in [-0.4, -0.2) is 32.2 Å². The van der Waals surface area contributed by atoms with E-state index in [4.69, 9.17) is 19.5 Å².